The summed E-state index contributed by atoms with van der Waals surface area (Å²) in [6.07, 6.45) is 2.64. The first kappa shape index (κ1) is 13.8. The third-order valence-corrected chi connectivity index (χ3v) is 3.80. The summed E-state index contributed by atoms with van der Waals surface area (Å²) in [7, 11) is 1.61. The first-order chi connectivity index (χ1) is 9.04. The molecule has 0 saturated carbocycles. The molecule has 0 spiro atoms. The van der Waals surface area contributed by atoms with Crippen LogP contribution >= 0.6 is 0 Å². The van der Waals surface area contributed by atoms with Crippen LogP contribution in [0.2, 0.25) is 0 Å². The summed E-state index contributed by atoms with van der Waals surface area (Å²) >= 11 is 0. The van der Waals surface area contributed by atoms with Crippen LogP contribution in [0.5, 0.6) is 5.75 Å². The van der Waals surface area contributed by atoms with Crippen LogP contribution < -0.4 is 15.8 Å². The number of nitrogens with one attached hydrogen (secondary N) is 1. The summed E-state index contributed by atoms with van der Waals surface area (Å²) in [5, 5.41) is 3.43. The van der Waals surface area contributed by atoms with Crippen LogP contribution in [0, 0.1) is 11.8 Å². The highest BCUT2D eigenvalue weighted by Crippen LogP contribution is 2.37. The molecular weight excluding hydrogens is 242 g/mol. The zero-order valence-electron chi connectivity index (χ0n) is 11.6. The number of piperidine rings is 1. The van der Waals surface area contributed by atoms with E-state index in [1.807, 2.05) is 12.1 Å². The average Bonchev–Trinajstić information content (AvgIpc) is 2.37. The number of carbonyl (C=O) groups is 1. The maximum absolute atomic E-state index is 11.8. The smallest absolute Gasteiger partial charge is 0.222 e. The summed E-state index contributed by atoms with van der Waals surface area (Å²) in [6.45, 7) is 4.17. The predicted molar refractivity (Wildman–Crippen MR) is 72.6 cm³/mol. The van der Waals surface area contributed by atoms with E-state index in [1.165, 1.54) is 0 Å². The van der Waals surface area contributed by atoms with Crippen molar-refractivity contribution in [2.45, 2.75) is 32.4 Å². The SMILES string of the molecule is COc1cccnc1C1NC(C)CC(C)C1C(N)=O. The third-order valence-electron chi connectivity index (χ3n) is 3.80. The van der Waals surface area contributed by atoms with Gasteiger partial charge in [-0.25, -0.2) is 0 Å². The van der Waals surface area contributed by atoms with E-state index in [9.17, 15) is 4.79 Å². The second kappa shape index (κ2) is 5.57. The summed E-state index contributed by atoms with van der Waals surface area (Å²) < 4.78 is 5.34. The van der Waals surface area contributed by atoms with E-state index >= 15 is 0 Å². The summed E-state index contributed by atoms with van der Waals surface area (Å²) in [4.78, 5) is 16.1. The Balaban J connectivity index is 2.40. The highest BCUT2D eigenvalue weighted by Gasteiger charge is 2.39. The molecule has 2 rings (SSSR count). The molecule has 3 N–H and O–H groups in total. The number of rotatable bonds is 3. The van der Waals surface area contributed by atoms with Gasteiger partial charge < -0.3 is 15.8 Å². The van der Waals surface area contributed by atoms with Crippen LogP contribution in [0.25, 0.3) is 0 Å². The van der Waals surface area contributed by atoms with E-state index in [2.05, 4.69) is 24.1 Å². The average molecular weight is 263 g/mol. The van der Waals surface area contributed by atoms with Crippen LogP contribution in [0.15, 0.2) is 18.3 Å². The molecule has 1 aromatic heterocycles. The van der Waals surface area contributed by atoms with E-state index in [1.54, 1.807) is 13.3 Å². The van der Waals surface area contributed by atoms with Gasteiger partial charge in [0.1, 0.15) is 5.75 Å². The molecule has 0 aromatic carbocycles. The van der Waals surface area contributed by atoms with Crippen LogP contribution in [0.3, 0.4) is 0 Å². The second-order valence-electron chi connectivity index (χ2n) is 5.28. The number of aromatic nitrogens is 1. The van der Waals surface area contributed by atoms with Gasteiger partial charge in [0.05, 0.1) is 24.8 Å². The summed E-state index contributed by atoms with van der Waals surface area (Å²) in [5.41, 5.74) is 6.33. The molecule has 4 unspecified atom stereocenters. The predicted octanol–water partition coefficient (Wildman–Crippen LogP) is 1.25. The lowest BCUT2D eigenvalue weighted by atomic mass is 9.77. The molecule has 0 bridgehead atoms. The lowest BCUT2D eigenvalue weighted by Crippen LogP contribution is -2.49. The molecule has 1 amide bonds. The van der Waals surface area contributed by atoms with E-state index in [4.69, 9.17) is 10.5 Å². The Morgan fingerprint density at radius 1 is 1.53 bits per heavy atom. The number of carbonyl (C=O) groups excluding carboxylic acids is 1. The minimum Gasteiger partial charge on any atom is -0.495 e. The molecule has 2 heterocycles. The van der Waals surface area contributed by atoms with Crippen molar-refractivity contribution in [3.63, 3.8) is 0 Å². The summed E-state index contributed by atoms with van der Waals surface area (Å²) in [5.74, 6) is 0.364. The van der Waals surface area contributed by atoms with Gasteiger partial charge in [-0.2, -0.15) is 0 Å². The van der Waals surface area contributed by atoms with Crippen molar-refractivity contribution in [2.75, 3.05) is 7.11 Å². The van der Waals surface area contributed by atoms with Gasteiger partial charge in [-0.15, -0.1) is 0 Å². The van der Waals surface area contributed by atoms with Gasteiger partial charge in [0.25, 0.3) is 0 Å². The fourth-order valence-electron chi connectivity index (χ4n) is 3.01. The first-order valence-electron chi connectivity index (χ1n) is 6.58. The molecule has 1 fully saturated rings. The van der Waals surface area contributed by atoms with Crippen LogP contribution in [0.1, 0.15) is 32.0 Å². The van der Waals surface area contributed by atoms with Crippen LogP contribution in [-0.2, 0) is 4.79 Å². The number of hydrogen-bond acceptors (Lipinski definition) is 4. The van der Waals surface area contributed by atoms with Gasteiger partial charge in [-0.1, -0.05) is 6.92 Å². The fraction of sp³-hybridized carbons (Fsp3) is 0.571. The number of ether oxygens (including phenoxy) is 1. The molecule has 1 aromatic rings. The maximum Gasteiger partial charge on any atom is 0.222 e. The Bertz CT molecular complexity index is 464. The maximum atomic E-state index is 11.8. The molecule has 1 aliphatic rings. The van der Waals surface area contributed by atoms with Gasteiger partial charge in [0, 0.05) is 12.2 Å². The molecule has 19 heavy (non-hydrogen) atoms. The summed E-state index contributed by atoms with van der Waals surface area (Å²) in [6, 6.07) is 3.80. The van der Waals surface area contributed by atoms with Crippen molar-refractivity contribution >= 4 is 5.91 Å². The van der Waals surface area contributed by atoms with Gasteiger partial charge in [0.15, 0.2) is 0 Å². The fourth-order valence-corrected chi connectivity index (χ4v) is 3.01. The van der Waals surface area contributed by atoms with Crippen molar-refractivity contribution in [2.24, 2.45) is 17.6 Å². The number of pyridine rings is 1. The molecule has 1 aliphatic heterocycles. The minimum atomic E-state index is -0.287. The quantitative estimate of drug-likeness (QED) is 0.860. The van der Waals surface area contributed by atoms with Gasteiger partial charge in [-0.3, -0.25) is 9.78 Å². The monoisotopic (exact) mass is 263 g/mol. The van der Waals surface area contributed by atoms with Crippen molar-refractivity contribution in [3.8, 4) is 5.75 Å². The Morgan fingerprint density at radius 3 is 2.89 bits per heavy atom. The van der Waals surface area contributed by atoms with Crippen LogP contribution in [-0.4, -0.2) is 24.0 Å². The van der Waals surface area contributed by atoms with E-state index in [0.717, 1.165) is 12.1 Å². The molecular formula is C14H21N3O2. The molecule has 0 radical (unpaired) electrons. The molecule has 5 heteroatoms. The largest absolute Gasteiger partial charge is 0.495 e. The van der Waals surface area contributed by atoms with E-state index in [-0.39, 0.29) is 23.8 Å². The Kier molecular flexibility index (Phi) is 4.04. The zero-order chi connectivity index (χ0) is 14.0. The lowest BCUT2D eigenvalue weighted by Gasteiger charge is -2.39. The molecule has 4 atom stereocenters. The van der Waals surface area contributed by atoms with Crippen molar-refractivity contribution in [3.05, 3.63) is 24.0 Å². The van der Waals surface area contributed by atoms with Crippen LogP contribution in [0.4, 0.5) is 0 Å². The number of primary amides is 1. The third kappa shape index (κ3) is 2.71. The number of methoxy groups -OCH3 is 1. The van der Waals surface area contributed by atoms with Gasteiger partial charge in [0.2, 0.25) is 5.91 Å². The Morgan fingerprint density at radius 2 is 2.26 bits per heavy atom. The number of nitrogens with two attached hydrogens (primary N) is 1. The lowest BCUT2D eigenvalue weighted by molar-refractivity contribution is -0.125. The highest BCUT2D eigenvalue weighted by molar-refractivity contribution is 5.78. The number of nitrogens with zero attached hydrogens (tertiary/aromatic N) is 1. The van der Waals surface area contributed by atoms with Gasteiger partial charge >= 0.3 is 0 Å². The van der Waals surface area contributed by atoms with Gasteiger partial charge in [-0.05, 0) is 31.4 Å². The van der Waals surface area contributed by atoms with E-state index in [0.29, 0.717) is 11.8 Å². The highest BCUT2D eigenvalue weighted by atomic mass is 16.5. The van der Waals surface area contributed by atoms with Crippen molar-refractivity contribution in [1.29, 1.82) is 0 Å². The standard InChI is InChI=1S/C14H21N3O2/c1-8-7-9(2)17-13(11(8)14(15)18)12-10(19-3)5-4-6-16-12/h4-6,8-9,11,13,17H,7H2,1-3H3,(H2,15,18). The minimum absolute atomic E-state index is 0.188. The van der Waals surface area contributed by atoms with E-state index < -0.39 is 0 Å². The second-order valence-corrected chi connectivity index (χ2v) is 5.28. The molecule has 104 valence electrons. The topological polar surface area (TPSA) is 77.2 Å². The number of amides is 1. The number of hydrogen-bond donors (Lipinski definition) is 2. The Labute approximate surface area is 113 Å². The zero-order valence-corrected chi connectivity index (χ0v) is 11.6. The first-order valence-corrected chi connectivity index (χ1v) is 6.58. The molecule has 1 saturated heterocycles. The van der Waals surface area contributed by atoms with Crippen molar-refractivity contribution < 1.29 is 9.53 Å². The van der Waals surface area contributed by atoms with Crippen molar-refractivity contribution in [1.82, 2.24) is 10.3 Å². The molecule has 0 aliphatic carbocycles. The Hall–Kier alpha value is -1.62. The normalized spacial score (nSPS) is 30.9. The molecule has 5 nitrogen and oxygen atoms in total.